The molecule has 0 bridgehead atoms. The van der Waals surface area contributed by atoms with E-state index in [0.29, 0.717) is 11.3 Å². The van der Waals surface area contributed by atoms with Gasteiger partial charge in [0.05, 0.1) is 9.79 Å². The predicted octanol–water partition coefficient (Wildman–Crippen LogP) is 4.66. The third kappa shape index (κ3) is 4.98. The Morgan fingerprint density at radius 2 is 1.09 bits per heavy atom. The fraction of sp³-hybridized carbons (Fsp3) is 0.125. The Hall–Kier alpha value is -3.23. The molecule has 0 spiro atoms. The fourth-order valence-electron chi connectivity index (χ4n) is 2.91. The highest BCUT2D eigenvalue weighted by atomic mass is 32.3. The fourth-order valence-corrected chi connectivity index (χ4v) is 6.52. The van der Waals surface area contributed by atoms with Crippen LogP contribution in [0.3, 0.4) is 0 Å². The monoisotopic (exact) mass is 469 g/mol. The number of Topliss-reactive ketones (excluding diaryl/α,β-unsaturated/α-hetero) is 1. The van der Waals surface area contributed by atoms with Crippen LogP contribution in [0.2, 0.25) is 0 Å². The second-order valence-electron chi connectivity index (χ2n) is 7.37. The molecular formula is C24H23NO5S2. The standard InChI is InChI=1S/C24H23NO5S2/c1-17-4-12-22(13-5-17)31(27,28)24(32(29,30)23-14-6-18(2)7-15-23)16-25-21-10-8-20(9-11-21)19(3)26/h4-16,25H,1-3H3. The van der Waals surface area contributed by atoms with Crippen molar-refractivity contribution in [3.05, 3.63) is 99.9 Å². The van der Waals surface area contributed by atoms with E-state index in [1.54, 1.807) is 48.5 Å². The Morgan fingerprint density at radius 1 is 0.688 bits per heavy atom. The summed E-state index contributed by atoms with van der Waals surface area (Å²) in [5.41, 5.74) is 2.61. The second kappa shape index (κ2) is 9.10. The molecule has 166 valence electrons. The molecule has 0 heterocycles. The molecule has 0 atom stereocenters. The van der Waals surface area contributed by atoms with E-state index in [2.05, 4.69) is 5.32 Å². The van der Waals surface area contributed by atoms with Gasteiger partial charge in [0.25, 0.3) is 0 Å². The van der Waals surface area contributed by atoms with Gasteiger partial charge in [-0.2, -0.15) is 0 Å². The van der Waals surface area contributed by atoms with E-state index >= 15 is 0 Å². The number of carbonyl (C=O) groups excluding carboxylic acids is 1. The maximum atomic E-state index is 13.4. The first-order valence-corrected chi connectivity index (χ1v) is 12.7. The summed E-state index contributed by atoms with van der Waals surface area (Å²) in [6, 6.07) is 18.2. The van der Waals surface area contributed by atoms with Gasteiger partial charge in [0.2, 0.25) is 19.7 Å². The lowest BCUT2D eigenvalue weighted by atomic mass is 10.1. The van der Waals surface area contributed by atoms with Gasteiger partial charge >= 0.3 is 0 Å². The molecule has 3 aromatic rings. The van der Waals surface area contributed by atoms with Crippen molar-refractivity contribution in [2.24, 2.45) is 0 Å². The predicted molar refractivity (Wildman–Crippen MR) is 125 cm³/mol. The molecule has 6 nitrogen and oxygen atoms in total. The summed E-state index contributed by atoms with van der Waals surface area (Å²) in [5.74, 6) is -0.114. The molecule has 0 amide bonds. The van der Waals surface area contributed by atoms with E-state index in [1.807, 2.05) is 13.8 Å². The molecule has 0 aliphatic rings. The third-order valence-electron chi connectivity index (χ3n) is 4.84. The average Bonchev–Trinajstić information content (AvgIpc) is 2.74. The van der Waals surface area contributed by atoms with Gasteiger partial charge in [0.15, 0.2) is 10.0 Å². The van der Waals surface area contributed by atoms with Crippen LogP contribution in [-0.4, -0.2) is 22.6 Å². The molecule has 32 heavy (non-hydrogen) atoms. The van der Waals surface area contributed by atoms with Crippen molar-refractivity contribution in [3.63, 3.8) is 0 Å². The number of nitrogens with one attached hydrogen (secondary N) is 1. The number of carbonyl (C=O) groups is 1. The molecule has 1 N–H and O–H groups in total. The summed E-state index contributed by atoms with van der Waals surface area (Å²) in [6.45, 7) is 5.05. The lowest BCUT2D eigenvalue weighted by Crippen LogP contribution is -2.16. The van der Waals surface area contributed by atoms with Gasteiger partial charge in [-0.3, -0.25) is 4.79 Å². The number of anilines is 1. The minimum atomic E-state index is -4.37. The van der Waals surface area contributed by atoms with Crippen molar-refractivity contribution in [1.29, 1.82) is 0 Å². The highest BCUT2D eigenvalue weighted by molar-refractivity contribution is 8.14. The third-order valence-corrected chi connectivity index (χ3v) is 9.24. The topological polar surface area (TPSA) is 97.4 Å². The van der Waals surface area contributed by atoms with Crippen molar-refractivity contribution in [2.75, 3.05) is 5.32 Å². The molecule has 8 heteroatoms. The molecule has 3 rings (SSSR count). The summed E-state index contributed by atoms with van der Waals surface area (Å²) in [4.78, 5) is 11.2. The molecule has 0 saturated heterocycles. The second-order valence-corrected chi connectivity index (χ2v) is 11.5. The normalized spacial score (nSPS) is 11.6. The zero-order valence-electron chi connectivity index (χ0n) is 17.9. The van der Waals surface area contributed by atoms with E-state index in [0.717, 1.165) is 17.3 Å². The summed E-state index contributed by atoms with van der Waals surface area (Å²) >= 11 is 0. The Balaban J connectivity index is 2.12. The molecular weight excluding hydrogens is 446 g/mol. The largest absolute Gasteiger partial charge is 0.360 e. The summed E-state index contributed by atoms with van der Waals surface area (Å²) in [7, 11) is -8.74. The first kappa shape index (κ1) is 23.4. The Kier molecular flexibility index (Phi) is 6.66. The quantitative estimate of drug-likeness (QED) is 0.505. The molecule has 0 aliphatic carbocycles. The lowest BCUT2D eigenvalue weighted by molar-refractivity contribution is 0.101. The minimum Gasteiger partial charge on any atom is -0.360 e. The van der Waals surface area contributed by atoms with Gasteiger partial charge in [0, 0.05) is 17.5 Å². The Morgan fingerprint density at radius 3 is 1.47 bits per heavy atom. The van der Waals surface area contributed by atoms with Crippen LogP contribution in [0.25, 0.3) is 0 Å². The number of hydrogen-bond donors (Lipinski definition) is 1. The zero-order chi connectivity index (χ0) is 23.5. The van der Waals surface area contributed by atoms with E-state index in [1.165, 1.54) is 31.2 Å². The molecule has 0 saturated carbocycles. The van der Waals surface area contributed by atoms with Crippen LogP contribution in [0, 0.1) is 13.8 Å². The van der Waals surface area contributed by atoms with Crippen LogP contribution in [0.15, 0.2) is 93.0 Å². The van der Waals surface area contributed by atoms with E-state index in [4.69, 9.17) is 0 Å². The van der Waals surface area contributed by atoms with Crippen molar-refractivity contribution >= 4 is 31.1 Å². The van der Waals surface area contributed by atoms with Gasteiger partial charge in [-0.05, 0) is 69.3 Å². The van der Waals surface area contributed by atoms with Crippen LogP contribution in [0.5, 0.6) is 0 Å². The zero-order valence-corrected chi connectivity index (χ0v) is 19.5. The highest BCUT2D eigenvalue weighted by Crippen LogP contribution is 2.29. The van der Waals surface area contributed by atoms with Crippen molar-refractivity contribution in [2.45, 2.75) is 30.6 Å². The number of hydrogen-bond acceptors (Lipinski definition) is 6. The molecule has 0 aromatic heterocycles. The van der Waals surface area contributed by atoms with Gasteiger partial charge < -0.3 is 5.32 Å². The highest BCUT2D eigenvalue weighted by Gasteiger charge is 2.33. The smallest absolute Gasteiger partial charge is 0.219 e. The van der Waals surface area contributed by atoms with Crippen molar-refractivity contribution < 1.29 is 21.6 Å². The van der Waals surface area contributed by atoms with Gasteiger partial charge in [-0.25, -0.2) is 16.8 Å². The van der Waals surface area contributed by atoms with Crippen LogP contribution in [-0.2, 0) is 19.7 Å². The maximum Gasteiger partial charge on any atom is 0.219 e. The summed E-state index contributed by atoms with van der Waals surface area (Å²) < 4.78 is 52.7. The van der Waals surface area contributed by atoms with Crippen LogP contribution >= 0.6 is 0 Å². The number of aryl methyl sites for hydroxylation is 2. The first-order chi connectivity index (χ1) is 15.0. The van der Waals surface area contributed by atoms with E-state index < -0.39 is 23.9 Å². The molecule has 0 radical (unpaired) electrons. The van der Waals surface area contributed by atoms with Gasteiger partial charge in [-0.15, -0.1) is 0 Å². The van der Waals surface area contributed by atoms with Crippen LogP contribution in [0.1, 0.15) is 28.4 Å². The molecule has 0 unspecified atom stereocenters. The lowest BCUT2D eigenvalue weighted by Gasteiger charge is -2.12. The van der Waals surface area contributed by atoms with Crippen LogP contribution < -0.4 is 5.32 Å². The number of benzene rings is 3. The first-order valence-electron chi connectivity index (χ1n) is 9.73. The SMILES string of the molecule is CC(=O)c1ccc(NC=C(S(=O)(=O)c2ccc(C)cc2)S(=O)(=O)c2ccc(C)cc2)cc1. The van der Waals surface area contributed by atoms with Gasteiger partial charge in [-0.1, -0.05) is 35.4 Å². The Bertz CT molecular complexity index is 1290. The maximum absolute atomic E-state index is 13.4. The Labute approximate surface area is 188 Å². The number of rotatable bonds is 7. The molecule has 0 aliphatic heterocycles. The average molecular weight is 470 g/mol. The van der Waals surface area contributed by atoms with Crippen molar-refractivity contribution in [3.8, 4) is 0 Å². The summed E-state index contributed by atoms with van der Waals surface area (Å²) in [6.07, 6.45) is 0.979. The molecule has 0 fully saturated rings. The number of sulfone groups is 2. The van der Waals surface area contributed by atoms with Gasteiger partial charge in [0.1, 0.15) is 0 Å². The van der Waals surface area contributed by atoms with E-state index in [9.17, 15) is 21.6 Å². The van der Waals surface area contributed by atoms with E-state index in [-0.39, 0.29) is 15.6 Å². The van der Waals surface area contributed by atoms with Crippen molar-refractivity contribution in [1.82, 2.24) is 0 Å². The minimum absolute atomic E-state index is 0.114. The summed E-state index contributed by atoms with van der Waals surface area (Å²) in [5, 5.41) is 2.75. The van der Waals surface area contributed by atoms with Crippen LogP contribution in [0.4, 0.5) is 5.69 Å². The molecule has 3 aromatic carbocycles. The number of ketones is 1.